The number of hydrogen-bond donors (Lipinski definition) is 1. The van der Waals surface area contributed by atoms with Gasteiger partial charge >= 0.3 is 0 Å². The highest BCUT2D eigenvalue weighted by atomic mass is 127. The van der Waals surface area contributed by atoms with Crippen molar-refractivity contribution in [2.45, 2.75) is 13.0 Å². The first kappa shape index (κ1) is 16.0. The van der Waals surface area contributed by atoms with Gasteiger partial charge in [-0.1, -0.05) is 29.8 Å². The summed E-state index contributed by atoms with van der Waals surface area (Å²) in [7, 11) is 0. The summed E-state index contributed by atoms with van der Waals surface area (Å²) in [6, 6.07) is 9.21. The van der Waals surface area contributed by atoms with E-state index in [0.29, 0.717) is 5.02 Å². The van der Waals surface area contributed by atoms with Crippen LogP contribution in [0, 0.1) is 19.5 Å². The van der Waals surface area contributed by atoms with Crippen LogP contribution in [-0.4, -0.2) is 4.92 Å². The Kier molecular flexibility index (Phi) is 5.00. The van der Waals surface area contributed by atoms with Crippen LogP contribution in [0.3, 0.4) is 0 Å². The SMILES string of the molecule is CC(Nc1cc(F)c(I)cc1[N+](=O)[O-])c1ccccc1Cl. The zero-order valence-corrected chi connectivity index (χ0v) is 13.9. The number of hydrogen-bond acceptors (Lipinski definition) is 3. The van der Waals surface area contributed by atoms with Crippen molar-refractivity contribution < 1.29 is 9.31 Å². The van der Waals surface area contributed by atoms with Gasteiger partial charge in [-0.2, -0.15) is 0 Å². The molecule has 1 N–H and O–H groups in total. The molecule has 0 radical (unpaired) electrons. The molecular formula is C14H11ClFIN2O2. The van der Waals surface area contributed by atoms with Crippen molar-refractivity contribution in [2.75, 3.05) is 5.32 Å². The van der Waals surface area contributed by atoms with Crippen LogP contribution in [0.25, 0.3) is 0 Å². The third kappa shape index (κ3) is 3.62. The molecule has 0 spiro atoms. The Morgan fingerprint density at radius 1 is 1.38 bits per heavy atom. The predicted octanol–water partition coefficient (Wildman–Crippen LogP) is 5.17. The number of anilines is 1. The third-order valence-corrected chi connectivity index (χ3v) is 4.15. The van der Waals surface area contributed by atoms with Crippen LogP contribution in [0.2, 0.25) is 5.02 Å². The minimum Gasteiger partial charge on any atom is -0.373 e. The monoisotopic (exact) mass is 420 g/mol. The second kappa shape index (κ2) is 6.57. The van der Waals surface area contributed by atoms with E-state index in [2.05, 4.69) is 5.32 Å². The first-order valence-corrected chi connectivity index (χ1v) is 7.50. The van der Waals surface area contributed by atoms with E-state index in [1.165, 1.54) is 6.07 Å². The lowest BCUT2D eigenvalue weighted by Gasteiger charge is -2.17. The van der Waals surface area contributed by atoms with Gasteiger partial charge in [0.15, 0.2) is 0 Å². The van der Waals surface area contributed by atoms with Crippen LogP contribution in [-0.2, 0) is 0 Å². The molecule has 2 aromatic carbocycles. The molecule has 0 aliphatic carbocycles. The van der Waals surface area contributed by atoms with E-state index in [1.54, 1.807) is 41.6 Å². The number of nitrogens with one attached hydrogen (secondary N) is 1. The van der Waals surface area contributed by atoms with Crippen LogP contribution < -0.4 is 5.32 Å². The van der Waals surface area contributed by atoms with Gasteiger partial charge in [-0.15, -0.1) is 0 Å². The van der Waals surface area contributed by atoms with E-state index < -0.39 is 10.7 Å². The Balaban J connectivity index is 2.37. The van der Waals surface area contributed by atoms with Crippen molar-refractivity contribution in [1.29, 1.82) is 0 Å². The van der Waals surface area contributed by atoms with Crippen molar-refractivity contribution in [3.05, 3.63) is 66.5 Å². The summed E-state index contributed by atoms with van der Waals surface area (Å²) in [4.78, 5) is 10.5. The van der Waals surface area contributed by atoms with Crippen LogP contribution in [0.15, 0.2) is 36.4 Å². The van der Waals surface area contributed by atoms with Gasteiger partial charge in [0.25, 0.3) is 5.69 Å². The summed E-state index contributed by atoms with van der Waals surface area (Å²) in [5.74, 6) is -0.505. The van der Waals surface area contributed by atoms with Gasteiger partial charge in [0.2, 0.25) is 0 Å². The highest BCUT2D eigenvalue weighted by molar-refractivity contribution is 14.1. The number of nitro groups is 1. The van der Waals surface area contributed by atoms with Gasteiger partial charge in [-0.05, 0) is 41.1 Å². The standard InChI is InChI=1S/C14H11ClFIN2O2/c1-8(9-4-2-3-5-10(9)15)18-13-6-11(16)12(17)7-14(13)19(20)21/h2-8,18H,1H3. The molecule has 4 nitrogen and oxygen atoms in total. The molecule has 0 amide bonds. The lowest BCUT2D eigenvalue weighted by molar-refractivity contribution is -0.384. The Morgan fingerprint density at radius 3 is 2.67 bits per heavy atom. The fraction of sp³-hybridized carbons (Fsp3) is 0.143. The van der Waals surface area contributed by atoms with Gasteiger partial charge in [0, 0.05) is 17.2 Å². The summed E-state index contributed by atoms with van der Waals surface area (Å²) in [5.41, 5.74) is 0.748. The van der Waals surface area contributed by atoms with E-state index in [9.17, 15) is 14.5 Å². The number of nitrogens with zero attached hydrogens (tertiary/aromatic N) is 1. The van der Waals surface area contributed by atoms with Crippen molar-refractivity contribution in [1.82, 2.24) is 0 Å². The molecule has 1 atom stereocenters. The molecule has 0 saturated heterocycles. The molecule has 0 aliphatic heterocycles. The van der Waals surface area contributed by atoms with Gasteiger partial charge in [-0.25, -0.2) is 4.39 Å². The fourth-order valence-corrected chi connectivity index (χ4v) is 2.69. The van der Waals surface area contributed by atoms with Crippen LogP contribution >= 0.6 is 34.2 Å². The van der Waals surface area contributed by atoms with Crippen molar-refractivity contribution in [3.63, 3.8) is 0 Å². The highest BCUT2D eigenvalue weighted by Crippen LogP contribution is 2.32. The van der Waals surface area contributed by atoms with Gasteiger partial charge in [-0.3, -0.25) is 10.1 Å². The minimum atomic E-state index is -0.538. The zero-order chi connectivity index (χ0) is 15.6. The van der Waals surface area contributed by atoms with E-state index in [-0.39, 0.29) is 21.0 Å². The molecule has 2 rings (SSSR count). The maximum atomic E-state index is 13.7. The summed E-state index contributed by atoms with van der Waals surface area (Å²) in [6.07, 6.45) is 0. The normalized spacial score (nSPS) is 12.0. The molecule has 21 heavy (non-hydrogen) atoms. The second-order valence-corrected chi connectivity index (χ2v) is 6.00. The average Bonchev–Trinajstić information content (AvgIpc) is 2.42. The first-order chi connectivity index (χ1) is 9.90. The Morgan fingerprint density at radius 2 is 2.05 bits per heavy atom. The van der Waals surface area contributed by atoms with Crippen molar-refractivity contribution in [3.8, 4) is 0 Å². The van der Waals surface area contributed by atoms with E-state index in [0.717, 1.165) is 11.6 Å². The lowest BCUT2D eigenvalue weighted by Crippen LogP contribution is -2.09. The number of rotatable bonds is 4. The molecule has 7 heteroatoms. The number of halogens is 3. The average molecular weight is 421 g/mol. The van der Waals surface area contributed by atoms with E-state index in [4.69, 9.17) is 11.6 Å². The van der Waals surface area contributed by atoms with E-state index >= 15 is 0 Å². The highest BCUT2D eigenvalue weighted by Gasteiger charge is 2.20. The topological polar surface area (TPSA) is 55.2 Å². The largest absolute Gasteiger partial charge is 0.373 e. The molecule has 2 aromatic rings. The molecule has 0 bridgehead atoms. The smallest absolute Gasteiger partial charge is 0.293 e. The number of benzene rings is 2. The molecular weight excluding hydrogens is 410 g/mol. The summed E-state index contributed by atoms with van der Waals surface area (Å²) in [5, 5.41) is 14.6. The lowest BCUT2D eigenvalue weighted by atomic mass is 10.1. The molecule has 0 aliphatic rings. The molecule has 0 saturated carbocycles. The van der Waals surface area contributed by atoms with Crippen LogP contribution in [0.1, 0.15) is 18.5 Å². The third-order valence-electron chi connectivity index (χ3n) is 2.98. The predicted molar refractivity (Wildman–Crippen MR) is 89.3 cm³/mol. The Labute approximate surface area is 139 Å². The van der Waals surface area contributed by atoms with Gasteiger partial charge in [0.05, 0.1) is 14.5 Å². The van der Waals surface area contributed by atoms with Gasteiger partial charge < -0.3 is 5.32 Å². The van der Waals surface area contributed by atoms with Crippen LogP contribution in [0.4, 0.5) is 15.8 Å². The summed E-state index contributed by atoms with van der Waals surface area (Å²) in [6.45, 7) is 1.81. The number of nitro benzene ring substituents is 1. The molecule has 0 aromatic heterocycles. The fourth-order valence-electron chi connectivity index (χ4n) is 1.94. The molecule has 1 unspecified atom stereocenters. The van der Waals surface area contributed by atoms with E-state index in [1.807, 2.05) is 12.1 Å². The van der Waals surface area contributed by atoms with Crippen molar-refractivity contribution in [2.24, 2.45) is 0 Å². The minimum absolute atomic E-state index is 0.130. The van der Waals surface area contributed by atoms with Crippen molar-refractivity contribution >= 4 is 45.6 Å². The zero-order valence-electron chi connectivity index (χ0n) is 10.9. The summed E-state index contributed by atoms with van der Waals surface area (Å²) < 4.78 is 13.9. The Bertz CT molecular complexity index is 697. The second-order valence-electron chi connectivity index (χ2n) is 4.43. The molecule has 110 valence electrons. The summed E-state index contributed by atoms with van der Waals surface area (Å²) >= 11 is 7.82. The quantitative estimate of drug-likeness (QED) is 0.422. The maximum absolute atomic E-state index is 13.7. The van der Waals surface area contributed by atoms with Crippen LogP contribution in [0.5, 0.6) is 0 Å². The van der Waals surface area contributed by atoms with Gasteiger partial charge in [0.1, 0.15) is 11.5 Å². The molecule has 0 fully saturated rings. The Hall–Kier alpha value is -1.41. The first-order valence-electron chi connectivity index (χ1n) is 6.04. The molecule has 0 heterocycles. The maximum Gasteiger partial charge on any atom is 0.293 e.